The third-order valence-corrected chi connectivity index (χ3v) is 2.38. The maximum Gasteiger partial charge on any atom is 0.0208 e. The Hall–Kier alpha value is -0.900. The Balaban J connectivity index is 2.12. The van der Waals surface area contributed by atoms with Crippen LogP contribution in [0.5, 0.6) is 0 Å². The normalized spacial score (nSPS) is 10.5. The van der Waals surface area contributed by atoms with Gasteiger partial charge in [0.25, 0.3) is 0 Å². The van der Waals surface area contributed by atoms with Gasteiger partial charge in [0.05, 0.1) is 0 Å². The molecule has 0 aliphatic carbocycles. The third kappa shape index (κ3) is 4.93. The van der Waals surface area contributed by atoms with Crippen molar-refractivity contribution < 1.29 is 0 Å². The van der Waals surface area contributed by atoms with Crippen LogP contribution in [0.2, 0.25) is 0 Å². The monoisotopic (exact) mass is 207 g/mol. The molecule has 1 aromatic rings. The minimum atomic E-state index is 0.706. The van der Waals surface area contributed by atoms with Gasteiger partial charge in [-0.3, -0.25) is 0 Å². The molecule has 0 fully saturated rings. The summed E-state index contributed by atoms with van der Waals surface area (Å²) in [4.78, 5) is 0. The molecule has 4 N–H and O–H groups in total. The Morgan fingerprint density at radius 1 is 1.07 bits per heavy atom. The van der Waals surface area contributed by atoms with E-state index >= 15 is 0 Å². The fourth-order valence-corrected chi connectivity index (χ4v) is 1.44. The van der Waals surface area contributed by atoms with Crippen molar-refractivity contribution in [2.45, 2.75) is 13.5 Å². The predicted molar refractivity (Wildman–Crippen MR) is 64.8 cm³/mol. The zero-order chi connectivity index (χ0) is 10.9. The molecule has 0 bridgehead atoms. The Kier molecular flexibility index (Phi) is 6.00. The Morgan fingerprint density at radius 2 is 1.80 bits per heavy atom. The molecule has 15 heavy (non-hydrogen) atoms. The number of nitrogens with two attached hydrogens (primary N) is 1. The highest BCUT2D eigenvalue weighted by Crippen LogP contribution is 2.05. The smallest absolute Gasteiger partial charge is 0.0208 e. The molecular formula is C12H21N3. The molecule has 0 aliphatic heterocycles. The molecule has 0 unspecified atom stereocenters. The maximum atomic E-state index is 5.37. The molecule has 0 saturated carbocycles. The lowest BCUT2D eigenvalue weighted by molar-refractivity contribution is 0.614. The highest BCUT2D eigenvalue weighted by atomic mass is 14.9. The SMILES string of the molecule is Cc1ccccc1CNCCNCCN. The van der Waals surface area contributed by atoms with Gasteiger partial charge in [0.1, 0.15) is 0 Å². The molecule has 1 rings (SSSR count). The first kappa shape index (κ1) is 12.2. The lowest BCUT2D eigenvalue weighted by Crippen LogP contribution is -2.30. The van der Waals surface area contributed by atoms with E-state index in [1.165, 1.54) is 11.1 Å². The summed E-state index contributed by atoms with van der Waals surface area (Å²) in [6.45, 7) is 6.64. The van der Waals surface area contributed by atoms with Crippen molar-refractivity contribution in [2.24, 2.45) is 5.73 Å². The van der Waals surface area contributed by atoms with Crippen LogP contribution in [0.25, 0.3) is 0 Å². The fraction of sp³-hybridized carbons (Fsp3) is 0.500. The second kappa shape index (κ2) is 7.40. The Labute approximate surface area is 92.1 Å². The molecule has 84 valence electrons. The van der Waals surface area contributed by atoms with Crippen LogP contribution in [0.15, 0.2) is 24.3 Å². The minimum absolute atomic E-state index is 0.706. The molecule has 0 atom stereocenters. The first-order chi connectivity index (χ1) is 7.34. The summed E-state index contributed by atoms with van der Waals surface area (Å²) in [6, 6.07) is 8.46. The first-order valence-electron chi connectivity index (χ1n) is 5.50. The number of aryl methyl sites for hydroxylation is 1. The quantitative estimate of drug-likeness (QED) is 0.575. The van der Waals surface area contributed by atoms with Crippen LogP contribution in [0.1, 0.15) is 11.1 Å². The van der Waals surface area contributed by atoms with Gasteiger partial charge >= 0.3 is 0 Å². The highest BCUT2D eigenvalue weighted by molar-refractivity contribution is 5.25. The van der Waals surface area contributed by atoms with E-state index in [1.807, 2.05) is 0 Å². The van der Waals surface area contributed by atoms with Gasteiger partial charge < -0.3 is 16.4 Å². The summed E-state index contributed by atoms with van der Waals surface area (Å²) >= 11 is 0. The van der Waals surface area contributed by atoms with Crippen molar-refractivity contribution in [1.82, 2.24) is 10.6 Å². The molecule has 0 radical (unpaired) electrons. The van der Waals surface area contributed by atoms with E-state index < -0.39 is 0 Å². The largest absolute Gasteiger partial charge is 0.329 e. The van der Waals surface area contributed by atoms with Crippen molar-refractivity contribution in [3.63, 3.8) is 0 Å². The second-order valence-electron chi connectivity index (χ2n) is 3.64. The Bertz CT molecular complexity index is 273. The van der Waals surface area contributed by atoms with Crippen molar-refractivity contribution >= 4 is 0 Å². The van der Waals surface area contributed by atoms with Crippen LogP contribution in [-0.2, 0) is 6.54 Å². The maximum absolute atomic E-state index is 5.37. The molecule has 0 spiro atoms. The summed E-state index contributed by atoms with van der Waals surface area (Å²) in [5.41, 5.74) is 8.09. The zero-order valence-electron chi connectivity index (χ0n) is 9.42. The topological polar surface area (TPSA) is 50.1 Å². The van der Waals surface area contributed by atoms with Crippen LogP contribution >= 0.6 is 0 Å². The van der Waals surface area contributed by atoms with Crippen LogP contribution < -0.4 is 16.4 Å². The molecule has 3 nitrogen and oxygen atoms in total. The van der Waals surface area contributed by atoms with Crippen LogP contribution in [-0.4, -0.2) is 26.2 Å². The fourth-order valence-electron chi connectivity index (χ4n) is 1.44. The lowest BCUT2D eigenvalue weighted by atomic mass is 10.1. The molecule has 0 aliphatic rings. The summed E-state index contributed by atoms with van der Waals surface area (Å²) in [5.74, 6) is 0. The van der Waals surface area contributed by atoms with Crippen molar-refractivity contribution in [3.8, 4) is 0 Å². The first-order valence-corrected chi connectivity index (χ1v) is 5.50. The van der Waals surface area contributed by atoms with E-state index in [9.17, 15) is 0 Å². The number of hydrogen-bond donors (Lipinski definition) is 3. The van der Waals surface area contributed by atoms with E-state index in [4.69, 9.17) is 5.73 Å². The number of rotatable bonds is 7. The number of hydrogen-bond acceptors (Lipinski definition) is 3. The van der Waals surface area contributed by atoms with E-state index in [0.29, 0.717) is 6.54 Å². The van der Waals surface area contributed by atoms with Crippen molar-refractivity contribution in [1.29, 1.82) is 0 Å². The average Bonchev–Trinajstić information content (AvgIpc) is 2.25. The molecule has 0 aromatic heterocycles. The van der Waals surface area contributed by atoms with Crippen molar-refractivity contribution in [3.05, 3.63) is 35.4 Å². The summed E-state index contributed by atoms with van der Waals surface area (Å²) in [7, 11) is 0. The van der Waals surface area contributed by atoms with E-state index in [1.54, 1.807) is 0 Å². The summed E-state index contributed by atoms with van der Waals surface area (Å²) in [5, 5.41) is 6.65. The van der Waals surface area contributed by atoms with Crippen LogP contribution in [0.4, 0.5) is 0 Å². The van der Waals surface area contributed by atoms with Gasteiger partial charge in [-0.15, -0.1) is 0 Å². The molecule has 3 heteroatoms. The molecule has 1 aromatic carbocycles. The van der Waals surface area contributed by atoms with Gasteiger partial charge in [0.2, 0.25) is 0 Å². The zero-order valence-corrected chi connectivity index (χ0v) is 9.42. The summed E-state index contributed by atoms with van der Waals surface area (Å²) in [6.07, 6.45) is 0. The minimum Gasteiger partial charge on any atom is -0.329 e. The van der Waals surface area contributed by atoms with Crippen LogP contribution in [0.3, 0.4) is 0 Å². The predicted octanol–water partition coefficient (Wildman–Crippen LogP) is 0.633. The molecule has 0 saturated heterocycles. The molecule has 0 amide bonds. The van der Waals surface area contributed by atoms with Gasteiger partial charge in [-0.25, -0.2) is 0 Å². The van der Waals surface area contributed by atoms with Gasteiger partial charge in [-0.1, -0.05) is 24.3 Å². The van der Waals surface area contributed by atoms with Crippen LogP contribution in [0, 0.1) is 6.92 Å². The number of benzene rings is 1. The Morgan fingerprint density at radius 3 is 2.53 bits per heavy atom. The van der Waals surface area contributed by atoms with E-state index in [2.05, 4.69) is 41.8 Å². The molecular weight excluding hydrogens is 186 g/mol. The number of nitrogens with one attached hydrogen (secondary N) is 2. The van der Waals surface area contributed by atoms with Gasteiger partial charge in [-0.05, 0) is 18.1 Å². The van der Waals surface area contributed by atoms with E-state index in [0.717, 1.165) is 26.2 Å². The second-order valence-corrected chi connectivity index (χ2v) is 3.64. The summed E-state index contributed by atoms with van der Waals surface area (Å²) < 4.78 is 0. The highest BCUT2D eigenvalue weighted by Gasteiger charge is 1.95. The average molecular weight is 207 g/mol. The lowest BCUT2D eigenvalue weighted by Gasteiger charge is -2.07. The van der Waals surface area contributed by atoms with E-state index in [-0.39, 0.29) is 0 Å². The van der Waals surface area contributed by atoms with Gasteiger partial charge in [-0.2, -0.15) is 0 Å². The molecule has 0 heterocycles. The van der Waals surface area contributed by atoms with Gasteiger partial charge in [0.15, 0.2) is 0 Å². The van der Waals surface area contributed by atoms with Crippen molar-refractivity contribution in [2.75, 3.05) is 26.2 Å². The van der Waals surface area contributed by atoms with Gasteiger partial charge in [0, 0.05) is 32.7 Å². The standard InChI is InChI=1S/C12H21N3/c1-11-4-2-3-5-12(11)10-15-9-8-14-7-6-13/h2-5,14-15H,6-10,13H2,1H3. The third-order valence-electron chi connectivity index (χ3n) is 2.38.